The van der Waals surface area contributed by atoms with Crippen molar-refractivity contribution in [1.82, 2.24) is 9.88 Å². The average Bonchev–Trinajstić information content (AvgIpc) is 3.62. The molecule has 1 N–H and O–H groups in total. The van der Waals surface area contributed by atoms with Crippen LogP contribution in [-0.4, -0.2) is 27.5 Å². The van der Waals surface area contributed by atoms with E-state index in [0.29, 0.717) is 31.5 Å². The molecule has 0 bridgehead atoms. The molecule has 0 fully saturated rings. The SMILES string of the molecule is CCCC(CCC)c1ccc(OCc2ccc(-c3csc(CN(CC(=O)O)Cc4ncc(C(C)(C)C)o4)c3)cc2)cc1. The number of aliphatic carboxylic acids is 1. The zero-order valence-corrected chi connectivity index (χ0v) is 26.4. The van der Waals surface area contributed by atoms with Crippen LogP contribution in [0.15, 0.2) is 70.6 Å². The maximum Gasteiger partial charge on any atom is 0.317 e. The van der Waals surface area contributed by atoms with Gasteiger partial charge in [-0.3, -0.25) is 9.69 Å². The second-order valence-electron chi connectivity index (χ2n) is 12.0. The molecule has 0 aliphatic carbocycles. The first kappa shape index (κ1) is 31.5. The largest absolute Gasteiger partial charge is 0.489 e. The molecular weight excluding hydrogens is 544 g/mol. The van der Waals surface area contributed by atoms with E-state index in [1.165, 1.54) is 31.2 Å². The Bertz CT molecular complexity index is 1390. The number of carboxylic acid groups (broad SMARTS) is 1. The van der Waals surface area contributed by atoms with Gasteiger partial charge in [0.15, 0.2) is 0 Å². The predicted molar refractivity (Wildman–Crippen MR) is 170 cm³/mol. The number of hydrogen-bond donors (Lipinski definition) is 1. The van der Waals surface area contributed by atoms with Gasteiger partial charge in [0.25, 0.3) is 0 Å². The van der Waals surface area contributed by atoms with E-state index in [-0.39, 0.29) is 12.0 Å². The smallest absolute Gasteiger partial charge is 0.317 e. The summed E-state index contributed by atoms with van der Waals surface area (Å²) in [4.78, 5) is 18.9. The highest BCUT2D eigenvalue weighted by molar-refractivity contribution is 7.10. The number of nitrogens with zero attached hydrogens (tertiary/aromatic N) is 2. The van der Waals surface area contributed by atoms with Gasteiger partial charge in [-0.2, -0.15) is 0 Å². The van der Waals surface area contributed by atoms with Crippen molar-refractivity contribution in [2.75, 3.05) is 6.54 Å². The molecule has 0 atom stereocenters. The van der Waals surface area contributed by atoms with Crippen molar-refractivity contribution in [2.45, 2.75) is 91.3 Å². The molecule has 0 unspecified atom stereocenters. The molecule has 0 aliphatic heterocycles. The summed E-state index contributed by atoms with van der Waals surface area (Å²) in [6, 6.07) is 19.2. The van der Waals surface area contributed by atoms with E-state index in [4.69, 9.17) is 9.15 Å². The zero-order chi connectivity index (χ0) is 30.1. The van der Waals surface area contributed by atoms with E-state index in [2.05, 4.69) is 99.6 Å². The van der Waals surface area contributed by atoms with Crippen LogP contribution in [0.5, 0.6) is 5.75 Å². The molecule has 0 saturated heterocycles. The first-order chi connectivity index (χ1) is 20.1. The lowest BCUT2D eigenvalue weighted by Gasteiger charge is -2.18. The van der Waals surface area contributed by atoms with Gasteiger partial charge in [0, 0.05) is 16.8 Å². The molecule has 7 heteroatoms. The molecule has 224 valence electrons. The van der Waals surface area contributed by atoms with Gasteiger partial charge >= 0.3 is 5.97 Å². The van der Waals surface area contributed by atoms with Crippen LogP contribution in [0.25, 0.3) is 11.1 Å². The van der Waals surface area contributed by atoms with Crippen molar-refractivity contribution in [3.63, 3.8) is 0 Å². The van der Waals surface area contributed by atoms with Gasteiger partial charge < -0.3 is 14.3 Å². The Morgan fingerprint density at radius 2 is 1.69 bits per heavy atom. The van der Waals surface area contributed by atoms with Crippen molar-refractivity contribution in [1.29, 1.82) is 0 Å². The Labute approximate surface area is 254 Å². The summed E-state index contributed by atoms with van der Waals surface area (Å²) in [5.74, 6) is 1.97. The molecule has 0 aliphatic rings. The first-order valence-electron chi connectivity index (χ1n) is 14.9. The third kappa shape index (κ3) is 9.04. The van der Waals surface area contributed by atoms with Crippen molar-refractivity contribution >= 4 is 17.3 Å². The van der Waals surface area contributed by atoms with E-state index in [0.717, 1.165) is 33.1 Å². The zero-order valence-electron chi connectivity index (χ0n) is 25.6. The highest BCUT2D eigenvalue weighted by Gasteiger charge is 2.21. The minimum Gasteiger partial charge on any atom is -0.489 e. The van der Waals surface area contributed by atoms with Crippen LogP contribution in [0.1, 0.15) is 93.9 Å². The van der Waals surface area contributed by atoms with Crippen LogP contribution in [0.2, 0.25) is 0 Å². The minimum absolute atomic E-state index is 0.0874. The Morgan fingerprint density at radius 1 is 1.00 bits per heavy atom. The first-order valence-corrected chi connectivity index (χ1v) is 15.8. The van der Waals surface area contributed by atoms with E-state index in [1.54, 1.807) is 17.5 Å². The number of rotatable bonds is 15. The van der Waals surface area contributed by atoms with Gasteiger partial charge in [-0.1, -0.05) is 83.9 Å². The maximum atomic E-state index is 11.5. The van der Waals surface area contributed by atoms with Crippen molar-refractivity contribution in [2.24, 2.45) is 0 Å². The van der Waals surface area contributed by atoms with Crippen molar-refractivity contribution < 1.29 is 19.1 Å². The molecule has 0 spiro atoms. The Balaban J connectivity index is 1.34. The molecule has 0 saturated carbocycles. The lowest BCUT2D eigenvalue weighted by Crippen LogP contribution is -2.28. The number of ether oxygens (including phenoxy) is 1. The summed E-state index contributed by atoms with van der Waals surface area (Å²) in [6.45, 7) is 12.0. The van der Waals surface area contributed by atoms with Crippen LogP contribution in [0.4, 0.5) is 0 Å². The molecule has 2 aromatic carbocycles. The molecule has 0 amide bonds. The fraction of sp³-hybridized carbons (Fsp3) is 0.429. The van der Waals surface area contributed by atoms with Crippen molar-refractivity contribution in [3.05, 3.63) is 93.8 Å². The second kappa shape index (κ2) is 14.7. The summed E-state index contributed by atoms with van der Waals surface area (Å²) in [5.41, 5.74) is 4.61. The fourth-order valence-corrected chi connectivity index (χ4v) is 6.02. The standard InChI is InChI=1S/C35H44N2O4S/c1-6-8-26(9-7-2)27-14-16-30(17-15-27)40-23-25-10-12-28(13-11-25)29-18-31(42-24-29)20-37(22-34(38)39)21-33-36-19-32(41-33)35(3,4)5/h10-19,24,26H,6-9,20-23H2,1-5H3,(H,38,39). The fourth-order valence-electron chi connectivity index (χ4n) is 5.09. The quantitative estimate of drug-likeness (QED) is 0.149. The number of oxazole rings is 1. The second-order valence-corrected chi connectivity index (χ2v) is 13.0. The summed E-state index contributed by atoms with van der Waals surface area (Å²) >= 11 is 1.63. The van der Waals surface area contributed by atoms with Gasteiger partial charge in [-0.15, -0.1) is 11.3 Å². The van der Waals surface area contributed by atoms with Gasteiger partial charge in [0.05, 0.1) is 19.3 Å². The van der Waals surface area contributed by atoms with E-state index >= 15 is 0 Å². The van der Waals surface area contributed by atoms with Gasteiger partial charge in [0.1, 0.15) is 18.1 Å². The van der Waals surface area contributed by atoms with Gasteiger partial charge in [-0.05, 0) is 64.6 Å². The average molecular weight is 589 g/mol. The Hall–Kier alpha value is -3.42. The minimum atomic E-state index is -0.875. The summed E-state index contributed by atoms with van der Waals surface area (Å²) in [7, 11) is 0. The number of benzene rings is 2. The van der Waals surface area contributed by atoms with E-state index in [1.807, 2.05) is 4.90 Å². The number of hydrogen-bond acceptors (Lipinski definition) is 6. The van der Waals surface area contributed by atoms with Crippen LogP contribution >= 0.6 is 11.3 Å². The van der Waals surface area contributed by atoms with Crippen molar-refractivity contribution in [3.8, 4) is 16.9 Å². The molecular formula is C35H44N2O4S. The topological polar surface area (TPSA) is 75.8 Å². The number of carbonyl (C=O) groups is 1. The van der Waals surface area contributed by atoms with Crippen LogP contribution < -0.4 is 4.74 Å². The predicted octanol–water partition coefficient (Wildman–Crippen LogP) is 9.05. The highest BCUT2D eigenvalue weighted by Crippen LogP contribution is 2.30. The number of carboxylic acids is 1. The van der Waals surface area contributed by atoms with E-state index < -0.39 is 5.97 Å². The Morgan fingerprint density at radius 3 is 2.29 bits per heavy atom. The molecule has 2 aromatic heterocycles. The normalized spacial score (nSPS) is 11.9. The summed E-state index contributed by atoms with van der Waals surface area (Å²) < 4.78 is 12.0. The highest BCUT2D eigenvalue weighted by atomic mass is 32.1. The van der Waals surface area contributed by atoms with Crippen LogP contribution in [-0.2, 0) is 29.9 Å². The molecule has 4 rings (SSSR count). The van der Waals surface area contributed by atoms with Crippen LogP contribution in [0, 0.1) is 0 Å². The monoisotopic (exact) mass is 588 g/mol. The third-order valence-corrected chi connectivity index (χ3v) is 8.28. The molecule has 6 nitrogen and oxygen atoms in total. The number of thiophene rings is 1. The van der Waals surface area contributed by atoms with E-state index in [9.17, 15) is 9.90 Å². The van der Waals surface area contributed by atoms with Crippen LogP contribution in [0.3, 0.4) is 0 Å². The maximum absolute atomic E-state index is 11.5. The van der Waals surface area contributed by atoms with Gasteiger partial charge in [0.2, 0.25) is 5.89 Å². The Kier molecular flexibility index (Phi) is 11.0. The molecule has 42 heavy (non-hydrogen) atoms. The molecule has 0 radical (unpaired) electrons. The lowest BCUT2D eigenvalue weighted by molar-refractivity contribution is -0.138. The van der Waals surface area contributed by atoms with Gasteiger partial charge in [-0.25, -0.2) is 4.98 Å². The molecule has 4 aromatic rings. The third-order valence-electron chi connectivity index (χ3n) is 7.36. The summed E-state index contributed by atoms with van der Waals surface area (Å²) in [5, 5.41) is 11.6. The molecule has 2 heterocycles. The summed E-state index contributed by atoms with van der Waals surface area (Å²) in [6.07, 6.45) is 6.60. The lowest BCUT2D eigenvalue weighted by atomic mass is 9.90. The number of aromatic nitrogens is 1.